The highest BCUT2D eigenvalue weighted by molar-refractivity contribution is 6.14. The Morgan fingerprint density at radius 3 is 2.32 bits per heavy atom. The molecular weight excluding hydrogens is 242 g/mol. The van der Waals surface area contributed by atoms with Crippen molar-refractivity contribution in [2.45, 2.75) is 13.3 Å². The van der Waals surface area contributed by atoms with Crippen LogP contribution in [0.1, 0.15) is 34.1 Å². The Bertz CT molecular complexity index is 629. The van der Waals surface area contributed by atoms with E-state index in [2.05, 4.69) is 5.32 Å². The Morgan fingerprint density at radius 2 is 1.74 bits per heavy atom. The van der Waals surface area contributed by atoms with Crippen LogP contribution in [0.3, 0.4) is 0 Å². The monoisotopic (exact) mass is 257 g/mol. The van der Waals surface area contributed by atoms with Gasteiger partial charge >= 0.3 is 5.97 Å². The van der Waals surface area contributed by atoms with Crippen molar-refractivity contribution in [1.29, 1.82) is 0 Å². The first-order valence-corrected chi connectivity index (χ1v) is 6.18. The maximum absolute atomic E-state index is 12.1. The normalized spacial score (nSPS) is 10.4. The third-order valence-electron chi connectivity index (χ3n) is 2.92. The van der Waals surface area contributed by atoms with Gasteiger partial charge in [0.1, 0.15) is 0 Å². The van der Waals surface area contributed by atoms with Gasteiger partial charge in [0.15, 0.2) is 0 Å². The average Bonchev–Trinajstić information content (AvgIpc) is 2.43. The molecule has 0 radical (unpaired) electrons. The van der Waals surface area contributed by atoms with E-state index >= 15 is 0 Å². The lowest BCUT2D eigenvalue weighted by Crippen LogP contribution is -2.24. The van der Waals surface area contributed by atoms with E-state index in [-0.39, 0.29) is 11.5 Å². The minimum Gasteiger partial charge on any atom is -0.478 e. The molecule has 2 rings (SSSR count). The van der Waals surface area contributed by atoms with E-state index < -0.39 is 5.97 Å². The number of carboxylic acids is 1. The number of rotatable bonds is 4. The van der Waals surface area contributed by atoms with Gasteiger partial charge in [0.25, 0.3) is 5.91 Å². The van der Waals surface area contributed by atoms with Crippen molar-refractivity contribution in [2.75, 3.05) is 6.54 Å². The maximum atomic E-state index is 12.1. The van der Waals surface area contributed by atoms with Crippen molar-refractivity contribution < 1.29 is 14.7 Å². The lowest BCUT2D eigenvalue weighted by atomic mass is 9.98. The van der Waals surface area contributed by atoms with Gasteiger partial charge < -0.3 is 10.4 Å². The van der Waals surface area contributed by atoms with Crippen LogP contribution in [0.5, 0.6) is 0 Å². The van der Waals surface area contributed by atoms with E-state index in [0.29, 0.717) is 17.5 Å². The smallest absolute Gasteiger partial charge is 0.336 e. The number of amides is 1. The molecular formula is C15H15NO3. The van der Waals surface area contributed by atoms with Crippen LogP contribution in [0.4, 0.5) is 0 Å². The Hall–Kier alpha value is -2.36. The van der Waals surface area contributed by atoms with Crippen LogP contribution in [0, 0.1) is 0 Å². The molecule has 0 spiro atoms. The van der Waals surface area contributed by atoms with Gasteiger partial charge in [-0.25, -0.2) is 4.79 Å². The lowest BCUT2D eigenvalue weighted by molar-refractivity contribution is 0.0699. The first-order valence-electron chi connectivity index (χ1n) is 6.18. The summed E-state index contributed by atoms with van der Waals surface area (Å²) in [5.41, 5.74) is 0.559. The van der Waals surface area contributed by atoms with Crippen molar-refractivity contribution in [3.8, 4) is 0 Å². The molecule has 0 saturated carbocycles. The molecule has 0 aliphatic heterocycles. The van der Waals surface area contributed by atoms with Gasteiger partial charge in [-0.1, -0.05) is 31.2 Å². The third kappa shape index (κ3) is 2.57. The summed E-state index contributed by atoms with van der Waals surface area (Å²) in [6.07, 6.45) is 0.836. The zero-order valence-corrected chi connectivity index (χ0v) is 10.6. The molecule has 98 valence electrons. The predicted molar refractivity (Wildman–Crippen MR) is 73.5 cm³/mol. The highest BCUT2D eigenvalue weighted by Crippen LogP contribution is 2.23. The highest BCUT2D eigenvalue weighted by Gasteiger charge is 2.15. The second-order valence-electron chi connectivity index (χ2n) is 4.27. The number of carboxylic acid groups (broad SMARTS) is 1. The molecule has 0 unspecified atom stereocenters. The molecule has 19 heavy (non-hydrogen) atoms. The van der Waals surface area contributed by atoms with Crippen molar-refractivity contribution in [1.82, 2.24) is 5.32 Å². The quantitative estimate of drug-likeness (QED) is 0.885. The first-order chi connectivity index (χ1) is 9.15. The topological polar surface area (TPSA) is 66.4 Å². The molecule has 2 aromatic rings. The molecule has 1 amide bonds. The Balaban J connectivity index is 2.60. The fraction of sp³-hybridized carbons (Fsp3) is 0.200. The Kier molecular flexibility index (Phi) is 3.80. The van der Waals surface area contributed by atoms with Gasteiger partial charge in [-0.05, 0) is 23.9 Å². The zero-order chi connectivity index (χ0) is 13.8. The molecule has 0 aliphatic rings. The number of fused-ring (bicyclic) bond motifs is 1. The molecule has 0 fully saturated rings. The van der Waals surface area contributed by atoms with Gasteiger partial charge in [0, 0.05) is 17.5 Å². The number of hydrogen-bond donors (Lipinski definition) is 2. The number of carbonyl (C=O) groups excluding carboxylic acids is 1. The second kappa shape index (κ2) is 5.52. The van der Waals surface area contributed by atoms with Gasteiger partial charge in [-0.15, -0.1) is 0 Å². The van der Waals surface area contributed by atoms with E-state index in [1.54, 1.807) is 30.3 Å². The van der Waals surface area contributed by atoms with Gasteiger partial charge in [-0.2, -0.15) is 0 Å². The Labute approximate surface area is 111 Å². The van der Waals surface area contributed by atoms with E-state index in [4.69, 9.17) is 0 Å². The van der Waals surface area contributed by atoms with Crippen LogP contribution in [-0.4, -0.2) is 23.5 Å². The first kappa shape index (κ1) is 13.1. The van der Waals surface area contributed by atoms with E-state index in [9.17, 15) is 14.7 Å². The van der Waals surface area contributed by atoms with E-state index in [1.807, 2.05) is 6.92 Å². The molecule has 0 aliphatic carbocycles. The maximum Gasteiger partial charge on any atom is 0.336 e. The fourth-order valence-corrected chi connectivity index (χ4v) is 2.04. The molecule has 0 saturated heterocycles. The summed E-state index contributed by atoms with van der Waals surface area (Å²) < 4.78 is 0. The van der Waals surface area contributed by atoms with Crippen LogP contribution in [0.15, 0.2) is 36.4 Å². The summed E-state index contributed by atoms with van der Waals surface area (Å²) in [5.74, 6) is -1.26. The van der Waals surface area contributed by atoms with Gasteiger partial charge in [0.05, 0.1) is 5.56 Å². The summed E-state index contributed by atoms with van der Waals surface area (Å²) in [6.45, 7) is 2.54. The third-order valence-corrected chi connectivity index (χ3v) is 2.92. The predicted octanol–water partition coefficient (Wildman–Crippen LogP) is 2.68. The van der Waals surface area contributed by atoms with Crippen LogP contribution < -0.4 is 5.32 Å². The highest BCUT2D eigenvalue weighted by atomic mass is 16.4. The molecule has 2 N–H and O–H groups in total. The summed E-state index contributed by atoms with van der Waals surface area (Å²) >= 11 is 0. The zero-order valence-electron chi connectivity index (χ0n) is 10.6. The second-order valence-corrected chi connectivity index (χ2v) is 4.27. The number of hydrogen-bond acceptors (Lipinski definition) is 2. The fourth-order valence-electron chi connectivity index (χ4n) is 2.04. The van der Waals surface area contributed by atoms with Crippen LogP contribution in [0.25, 0.3) is 10.8 Å². The molecule has 4 nitrogen and oxygen atoms in total. The van der Waals surface area contributed by atoms with E-state index in [1.165, 1.54) is 6.07 Å². The number of nitrogens with one attached hydrogen (secondary N) is 1. The average molecular weight is 257 g/mol. The van der Waals surface area contributed by atoms with E-state index in [0.717, 1.165) is 11.8 Å². The van der Waals surface area contributed by atoms with Crippen LogP contribution >= 0.6 is 0 Å². The molecule has 0 bridgehead atoms. The summed E-state index contributed by atoms with van der Waals surface area (Å²) in [7, 11) is 0. The number of carbonyl (C=O) groups is 2. The summed E-state index contributed by atoms with van der Waals surface area (Å²) in [6, 6.07) is 10.2. The van der Waals surface area contributed by atoms with Gasteiger partial charge in [0.2, 0.25) is 0 Å². The number of benzene rings is 2. The molecule has 0 heterocycles. The number of aromatic carboxylic acids is 1. The molecule has 2 aromatic carbocycles. The SMILES string of the molecule is CCCNC(=O)c1cccc2cccc(C(=O)O)c12. The van der Waals surface area contributed by atoms with Crippen molar-refractivity contribution >= 4 is 22.6 Å². The largest absolute Gasteiger partial charge is 0.478 e. The summed E-state index contributed by atoms with van der Waals surface area (Å²) in [5, 5.41) is 13.3. The standard InChI is InChI=1S/C15H15NO3/c1-2-9-16-14(17)11-7-3-5-10-6-4-8-12(13(10)11)15(18)19/h3-8H,2,9H2,1H3,(H,16,17)(H,18,19). The van der Waals surface area contributed by atoms with Crippen molar-refractivity contribution in [3.63, 3.8) is 0 Å². The van der Waals surface area contributed by atoms with Gasteiger partial charge in [-0.3, -0.25) is 4.79 Å². The minimum absolute atomic E-state index is 0.153. The molecule has 0 atom stereocenters. The lowest BCUT2D eigenvalue weighted by Gasteiger charge is -2.09. The Morgan fingerprint density at radius 1 is 1.11 bits per heavy atom. The molecule has 4 heteroatoms. The summed E-state index contributed by atoms with van der Waals surface area (Å²) in [4.78, 5) is 23.4. The van der Waals surface area contributed by atoms with Crippen molar-refractivity contribution in [3.05, 3.63) is 47.5 Å². The minimum atomic E-state index is -1.03. The van der Waals surface area contributed by atoms with Crippen molar-refractivity contribution in [2.24, 2.45) is 0 Å². The van der Waals surface area contributed by atoms with Crippen LogP contribution in [0.2, 0.25) is 0 Å². The molecule has 0 aromatic heterocycles. The van der Waals surface area contributed by atoms with Crippen LogP contribution in [-0.2, 0) is 0 Å².